The quantitative estimate of drug-likeness (QED) is 0.0636. The molecule has 10 rings (SSSR count). The number of likely N-dealkylation sites (tertiary alicyclic amines) is 2. The summed E-state index contributed by atoms with van der Waals surface area (Å²) >= 11 is 15.4. The Morgan fingerprint density at radius 2 is 1.13 bits per heavy atom. The monoisotopic (exact) mass is 1280 g/mol. The van der Waals surface area contributed by atoms with Crippen LogP contribution in [0.15, 0.2) is 65.8 Å². The normalized spacial score (nSPS) is 14.4. The maximum Gasteiger partial charge on any atom is 0.255 e. The Morgan fingerprint density at radius 1 is 0.690 bits per heavy atom. The maximum atomic E-state index is 13.5. The Kier molecular flexibility index (Phi) is 19.8. The lowest BCUT2D eigenvalue weighted by molar-refractivity contribution is -0.138. The van der Waals surface area contributed by atoms with E-state index in [-0.39, 0.29) is 42.7 Å². The van der Waals surface area contributed by atoms with Gasteiger partial charge in [-0.25, -0.2) is 19.9 Å². The molecule has 2 aliphatic heterocycles. The van der Waals surface area contributed by atoms with E-state index in [1.807, 2.05) is 56.0 Å². The van der Waals surface area contributed by atoms with Crippen molar-refractivity contribution in [2.45, 2.75) is 97.7 Å². The number of halogens is 3. The average molecular weight is 1280 g/mol. The molecular weight excluding hydrogens is 1210 g/mol. The molecule has 6 aromatic heterocycles. The number of aryl methyl sites for hydroxylation is 3. The van der Waals surface area contributed by atoms with E-state index >= 15 is 0 Å². The van der Waals surface area contributed by atoms with Crippen molar-refractivity contribution in [1.82, 2.24) is 69.1 Å². The highest BCUT2D eigenvalue weighted by atomic mass is 79.9. The molecule has 0 bridgehead atoms. The van der Waals surface area contributed by atoms with Gasteiger partial charge in [-0.15, -0.1) is 0 Å². The summed E-state index contributed by atoms with van der Waals surface area (Å²) in [6, 6.07) is 16.2. The number of hydrogen-bond donors (Lipinski definition) is 2. The molecule has 2 saturated heterocycles. The van der Waals surface area contributed by atoms with E-state index in [9.17, 15) is 19.2 Å². The molecule has 2 fully saturated rings. The first-order chi connectivity index (χ1) is 39.7. The van der Waals surface area contributed by atoms with Crippen LogP contribution >= 0.6 is 39.1 Å². The average Bonchev–Trinajstić information content (AvgIpc) is 2.31. The van der Waals surface area contributed by atoms with Gasteiger partial charge in [-0.3, -0.25) is 28.5 Å². The van der Waals surface area contributed by atoms with E-state index in [4.69, 9.17) is 48.2 Å². The Bertz CT molecular complexity index is 3860. The summed E-state index contributed by atoms with van der Waals surface area (Å²) in [5.41, 5.74) is 6.57. The largest absolute Gasteiger partial charge is 0.361 e. The number of fused-ring (bicyclic) bond motifs is 4. The van der Waals surface area contributed by atoms with Crippen molar-refractivity contribution in [2.75, 3.05) is 39.4 Å². The summed E-state index contributed by atoms with van der Waals surface area (Å²) in [7, 11) is 1.28. The lowest BCUT2D eigenvalue weighted by Crippen LogP contribution is -2.55. The molecule has 0 unspecified atom stereocenters. The molecule has 0 spiro atoms. The zero-order chi connectivity index (χ0) is 60.9. The van der Waals surface area contributed by atoms with Gasteiger partial charge in [-0.2, -0.15) is 20.7 Å². The molecular formula is C57H69BrCl2N16O6Si2. The molecule has 27 heteroatoms. The minimum absolute atomic E-state index is 0.126. The predicted molar refractivity (Wildman–Crippen MR) is 331 cm³/mol. The van der Waals surface area contributed by atoms with Gasteiger partial charge in [0.05, 0.1) is 64.2 Å². The van der Waals surface area contributed by atoms with Crippen LogP contribution in [0.4, 0.5) is 0 Å². The number of rotatable bonds is 17. The second kappa shape index (κ2) is 26.4. The van der Waals surface area contributed by atoms with Crippen LogP contribution in [-0.2, 0) is 46.6 Å². The number of carbonyl (C=O) groups excluding carboxylic acids is 4. The van der Waals surface area contributed by atoms with Crippen LogP contribution in [0.5, 0.6) is 0 Å². The molecule has 8 aromatic rings. The van der Waals surface area contributed by atoms with Gasteiger partial charge >= 0.3 is 0 Å². The Morgan fingerprint density at radius 3 is 1.61 bits per heavy atom. The summed E-state index contributed by atoms with van der Waals surface area (Å²) in [6.07, 6.45) is 6.54. The third-order valence-corrected chi connectivity index (χ3v) is 18.5. The first kappa shape index (κ1) is 62.9. The van der Waals surface area contributed by atoms with Crippen molar-refractivity contribution in [1.29, 1.82) is 10.5 Å². The van der Waals surface area contributed by atoms with E-state index in [1.165, 1.54) is 5.39 Å². The third-order valence-electron chi connectivity index (χ3n) is 14.3. The number of carbonyl (C=O) groups is 4. The molecule has 22 nitrogen and oxygen atoms in total. The van der Waals surface area contributed by atoms with Crippen molar-refractivity contribution >= 4 is 123 Å². The highest BCUT2D eigenvalue weighted by molar-refractivity contribution is 9.10. The summed E-state index contributed by atoms with van der Waals surface area (Å²) in [5, 5.41) is 35.8. The number of aromatic nitrogens is 10. The Balaban J connectivity index is 0.000000187. The summed E-state index contributed by atoms with van der Waals surface area (Å²) in [5.74, 6) is -1.57. The van der Waals surface area contributed by atoms with Crippen LogP contribution in [0.1, 0.15) is 40.3 Å². The lowest BCUT2D eigenvalue weighted by Gasteiger charge is -2.37. The van der Waals surface area contributed by atoms with Gasteiger partial charge in [-0.1, -0.05) is 62.5 Å². The SMILES string of the molecule is C[C@@H](NC(=O)c1cn(COCC[Si](C)(C)C)c2ncc(-c3nn(C)c4cc(Cl)ccc34)nc12)C(=O)N1CC(C#N)C1.C[C@@H](NC(=O)c1cn(COCC[Si](C)(C)C)c2ncc(Br)nc12)C(=O)N1CC(C#N)C1.Cc1nn(C)c2cc(Cl)ccc12. The molecule has 2 aliphatic rings. The molecule has 442 valence electrons. The van der Waals surface area contributed by atoms with Gasteiger partial charge in [0.15, 0.2) is 11.3 Å². The second-order valence-electron chi connectivity index (χ2n) is 23.5. The molecule has 8 heterocycles. The fourth-order valence-electron chi connectivity index (χ4n) is 9.34. The van der Waals surface area contributed by atoms with E-state index in [1.54, 1.807) is 68.3 Å². The van der Waals surface area contributed by atoms with Gasteiger partial charge < -0.3 is 39.0 Å². The topological polar surface area (TPSA) is 262 Å². The zero-order valence-electron chi connectivity index (χ0n) is 49.0. The summed E-state index contributed by atoms with van der Waals surface area (Å²) in [4.78, 5) is 73.2. The molecule has 0 aliphatic carbocycles. The van der Waals surface area contributed by atoms with Crippen LogP contribution in [-0.4, -0.2) is 150 Å². The number of nitrogens with zero attached hydrogens (tertiary/aromatic N) is 14. The molecule has 84 heavy (non-hydrogen) atoms. The van der Waals surface area contributed by atoms with Gasteiger partial charge in [0.1, 0.15) is 52.6 Å². The molecule has 4 amide bonds. The van der Waals surface area contributed by atoms with Gasteiger partial charge in [0.25, 0.3) is 11.8 Å². The van der Waals surface area contributed by atoms with Crippen LogP contribution in [0.25, 0.3) is 55.5 Å². The number of nitriles is 2. The van der Waals surface area contributed by atoms with Gasteiger partial charge in [0, 0.05) is 103 Å². The molecule has 2 atom stereocenters. The Labute approximate surface area is 507 Å². The first-order valence-corrected chi connectivity index (χ1v) is 36.4. The second-order valence-corrected chi connectivity index (χ2v) is 36.5. The maximum absolute atomic E-state index is 13.5. The number of amides is 4. The predicted octanol–water partition coefficient (Wildman–Crippen LogP) is 9.19. The molecule has 2 aromatic carbocycles. The highest BCUT2D eigenvalue weighted by Gasteiger charge is 2.35. The first-order valence-electron chi connectivity index (χ1n) is 27.4. The lowest BCUT2D eigenvalue weighted by atomic mass is 10.0. The molecule has 0 radical (unpaired) electrons. The van der Waals surface area contributed by atoms with Gasteiger partial charge in [0.2, 0.25) is 11.8 Å². The van der Waals surface area contributed by atoms with Crippen LogP contribution < -0.4 is 10.6 Å². The standard InChI is InChI=1S/C28H33ClN8O3Si.C20H27BrN6O3Si.C9H9ClN2/c1-17(28(39)36-13-18(11-30)14-36)32-27(38)21-15-37(16-40-8-9-41(3,4)5)26-25(21)33-22(12-31-26)24-20-7-6-19(29)10-23(20)35(2)34-24;1-13(20(29)26-9-14(7-22)10-26)24-19(28)15-11-27(12-30-5-6-31(2,3)4)18-17(15)25-16(21)8-23-18;1-6-8-4-3-7(10)5-9(8)12(2)11-6/h6-7,10,12,15,17-18H,8-9,13-14,16H2,1-5H3,(H,32,38);8,11,13-14H,5-6,9-10,12H2,1-4H3,(H,24,28);3-5H,1-2H3/t17-;13-;/m11./s1. The van der Waals surface area contributed by atoms with Crippen LogP contribution in [0.3, 0.4) is 0 Å². The van der Waals surface area contributed by atoms with E-state index in [0.29, 0.717) is 88.3 Å². The van der Waals surface area contributed by atoms with Crippen molar-refractivity contribution in [3.05, 3.63) is 92.7 Å². The molecule has 2 N–H and O–H groups in total. The fraction of sp³-hybridized carbons (Fsp3) is 0.439. The zero-order valence-corrected chi connectivity index (χ0v) is 54.1. The fourth-order valence-corrected chi connectivity index (χ4v) is 11.5. The van der Waals surface area contributed by atoms with Gasteiger partial charge in [-0.05, 0) is 85.2 Å². The summed E-state index contributed by atoms with van der Waals surface area (Å²) < 4.78 is 19.4. The third kappa shape index (κ3) is 15.0. The van der Waals surface area contributed by atoms with E-state index in [0.717, 1.165) is 39.2 Å². The molecule has 0 saturated carbocycles. The number of hydrogen-bond acceptors (Lipinski definition) is 14. The van der Waals surface area contributed by atoms with Crippen molar-refractivity contribution in [2.24, 2.45) is 25.9 Å². The van der Waals surface area contributed by atoms with Crippen LogP contribution in [0, 0.1) is 41.4 Å². The van der Waals surface area contributed by atoms with E-state index in [2.05, 4.69) is 103 Å². The minimum Gasteiger partial charge on any atom is -0.361 e. The highest BCUT2D eigenvalue weighted by Crippen LogP contribution is 2.31. The Hall–Kier alpha value is -7.11. The number of ether oxygens (including phenoxy) is 2. The van der Waals surface area contributed by atoms with Crippen molar-refractivity contribution in [3.63, 3.8) is 0 Å². The summed E-state index contributed by atoms with van der Waals surface area (Å²) in [6.45, 7) is 22.3. The number of nitrogens with one attached hydrogen (secondary N) is 2. The number of benzene rings is 2. The van der Waals surface area contributed by atoms with Crippen molar-refractivity contribution in [3.8, 4) is 23.5 Å². The minimum atomic E-state index is -1.27. The smallest absolute Gasteiger partial charge is 0.255 e. The van der Waals surface area contributed by atoms with E-state index < -0.39 is 40.0 Å². The van der Waals surface area contributed by atoms with Crippen molar-refractivity contribution < 1.29 is 28.7 Å². The van der Waals surface area contributed by atoms with Crippen LogP contribution in [0.2, 0.25) is 61.4 Å².